The third kappa shape index (κ3) is 3.89. The number of rotatable bonds is 6. The lowest BCUT2D eigenvalue weighted by Crippen LogP contribution is -2.07. The summed E-state index contributed by atoms with van der Waals surface area (Å²) in [6, 6.07) is 4.83. The average molecular weight is 258 g/mol. The molecule has 0 amide bonds. The second-order valence-corrected chi connectivity index (χ2v) is 5.40. The van der Waals surface area contributed by atoms with Gasteiger partial charge in [0.05, 0.1) is 13.2 Å². The summed E-state index contributed by atoms with van der Waals surface area (Å²) in [5.41, 5.74) is 0.306. The van der Waals surface area contributed by atoms with Gasteiger partial charge < -0.3 is 9.84 Å². The third-order valence-corrected chi connectivity index (χ3v) is 4.10. The molecule has 17 heavy (non-hydrogen) atoms. The Labute approximate surface area is 106 Å². The molecule has 0 aliphatic rings. The molecule has 4 heteroatoms. The molecule has 0 fully saturated rings. The van der Waals surface area contributed by atoms with Crippen molar-refractivity contribution in [2.24, 2.45) is 0 Å². The second-order valence-electron chi connectivity index (χ2n) is 3.93. The van der Waals surface area contributed by atoms with Gasteiger partial charge in [-0.1, -0.05) is 26.0 Å². The molecule has 1 N–H and O–H groups in total. The van der Waals surface area contributed by atoms with Crippen LogP contribution in [0, 0.1) is 5.82 Å². The molecular formula is C13H19FO2S. The molecule has 1 rings (SSSR count). The number of benzene rings is 1. The van der Waals surface area contributed by atoms with E-state index >= 15 is 0 Å². The topological polar surface area (TPSA) is 29.5 Å². The molecule has 0 aromatic heterocycles. The summed E-state index contributed by atoms with van der Waals surface area (Å²) < 4.78 is 18.7. The zero-order valence-corrected chi connectivity index (χ0v) is 11.3. The summed E-state index contributed by atoms with van der Waals surface area (Å²) in [4.78, 5) is 0. The van der Waals surface area contributed by atoms with Crippen LogP contribution in [0.5, 0.6) is 5.75 Å². The number of hydrogen-bond donors (Lipinski definition) is 1. The van der Waals surface area contributed by atoms with Crippen LogP contribution in [0.25, 0.3) is 0 Å². The third-order valence-electron chi connectivity index (χ3n) is 2.69. The highest BCUT2D eigenvalue weighted by molar-refractivity contribution is 7.99. The molecular weight excluding hydrogens is 239 g/mol. The standard InChI is InChI=1S/C13H19FO2S/c1-4-9(2)17-8-11(15)10-6-5-7-12(16-3)13(10)14/h5-7,9,11,15H,4,8H2,1-3H3. The van der Waals surface area contributed by atoms with Crippen LogP contribution in [0.1, 0.15) is 31.9 Å². The van der Waals surface area contributed by atoms with E-state index in [1.54, 1.807) is 30.0 Å². The predicted octanol–water partition coefficient (Wildman–Crippen LogP) is 3.40. The highest BCUT2D eigenvalue weighted by Gasteiger charge is 2.16. The van der Waals surface area contributed by atoms with Gasteiger partial charge in [0.15, 0.2) is 11.6 Å². The van der Waals surface area contributed by atoms with Crippen LogP contribution in [-0.2, 0) is 0 Å². The fraction of sp³-hybridized carbons (Fsp3) is 0.538. The largest absolute Gasteiger partial charge is 0.494 e. The first-order chi connectivity index (χ1) is 8.10. The first kappa shape index (κ1) is 14.3. The van der Waals surface area contributed by atoms with Gasteiger partial charge in [-0.2, -0.15) is 11.8 Å². The molecule has 0 saturated heterocycles. The quantitative estimate of drug-likeness (QED) is 0.848. The number of thioether (sulfide) groups is 1. The van der Waals surface area contributed by atoms with E-state index in [9.17, 15) is 9.50 Å². The Kier molecular flexibility index (Phi) is 5.78. The highest BCUT2D eigenvalue weighted by atomic mass is 32.2. The van der Waals surface area contributed by atoms with Crippen molar-refractivity contribution in [2.45, 2.75) is 31.6 Å². The van der Waals surface area contributed by atoms with Crippen LogP contribution < -0.4 is 4.74 Å². The first-order valence-corrected chi connectivity index (χ1v) is 6.77. The molecule has 1 aromatic carbocycles. The second kappa shape index (κ2) is 6.87. The van der Waals surface area contributed by atoms with E-state index in [1.165, 1.54) is 7.11 Å². The fourth-order valence-electron chi connectivity index (χ4n) is 1.41. The Morgan fingerprint density at radius 1 is 1.47 bits per heavy atom. The van der Waals surface area contributed by atoms with E-state index in [2.05, 4.69) is 13.8 Å². The minimum Gasteiger partial charge on any atom is -0.494 e. The Morgan fingerprint density at radius 3 is 2.76 bits per heavy atom. The smallest absolute Gasteiger partial charge is 0.170 e. The Morgan fingerprint density at radius 2 is 2.18 bits per heavy atom. The Bertz CT molecular complexity index is 357. The molecule has 1 aromatic rings. The average Bonchev–Trinajstić information content (AvgIpc) is 2.35. The Balaban J connectivity index is 2.71. The van der Waals surface area contributed by atoms with Gasteiger partial charge in [0, 0.05) is 16.6 Å². The van der Waals surface area contributed by atoms with Gasteiger partial charge in [0.25, 0.3) is 0 Å². The van der Waals surface area contributed by atoms with Gasteiger partial charge in [0.1, 0.15) is 0 Å². The minimum atomic E-state index is -0.788. The van der Waals surface area contributed by atoms with Crippen molar-refractivity contribution in [2.75, 3.05) is 12.9 Å². The van der Waals surface area contributed by atoms with Crippen LogP contribution in [0.15, 0.2) is 18.2 Å². The van der Waals surface area contributed by atoms with Crippen LogP contribution >= 0.6 is 11.8 Å². The SMILES string of the molecule is CCC(C)SCC(O)c1cccc(OC)c1F. The van der Waals surface area contributed by atoms with Gasteiger partial charge in [-0.3, -0.25) is 0 Å². The fourth-order valence-corrected chi connectivity index (χ4v) is 2.33. The summed E-state index contributed by atoms with van der Waals surface area (Å²) in [7, 11) is 1.42. The molecule has 0 bridgehead atoms. The number of aliphatic hydroxyl groups excluding tert-OH is 1. The van der Waals surface area contributed by atoms with E-state index in [0.717, 1.165) is 6.42 Å². The number of halogens is 1. The number of ether oxygens (including phenoxy) is 1. The van der Waals surface area contributed by atoms with Crippen molar-refractivity contribution >= 4 is 11.8 Å². The summed E-state index contributed by atoms with van der Waals surface area (Å²) in [6.07, 6.45) is 0.252. The number of methoxy groups -OCH3 is 1. The lowest BCUT2D eigenvalue weighted by molar-refractivity contribution is 0.197. The summed E-state index contributed by atoms with van der Waals surface area (Å²) >= 11 is 1.64. The van der Waals surface area contributed by atoms with Crippen molar-refractivity contribution in [3.63, 3.8) is 0 Å². The molecule has 96 valence electrons. The molecule has 2 atom stereocenters. The van der Waals surface area contributed by atoms with Crippen molar-refractivity contribution in [3.05, 3.63) is 29.6 Å². The predicted molar refractivity (Wildman–Crippen MR) is 70.1 cm³/mol. The zero-order valence-electron chi connectivity index (χ0n) is 10.4. The summed E-state index contributed by atoms with van der Waals surface area (Å²) in [5.74, 6) is 0.210. The normalized spacial score (nSPS) is 14.4. The molecule has 0 heterocycles. The van der Waals surface area contributed by atoms with E-state index in [4.69, 9.17) is 4.74 Å². The van der Waals surface area contributed by atoms with Gasteiger partial charge in [-0.25, -0.2) is 4.39 Å². The monoisotopic (exact) mass is 258 g/mol. The van der Waals surface area contributed by atoms with Gasteiger partial charge in [-0.05, 0) is 12.5 Å². The maximum atomic E-state index is 13.8. The molecule has 0 saturated carbocycles. The van der Waals surface area contributed by atoms with Crippen LogP contribution in [0.4, 0.5) is 4.39 Å². The lowest BCUT2D eigenvalue weighted by Gasteiger charge is -2.15. The van der Waals surface area contributed by atoms with Gasteiger partial charge in [-0.15, -0.1) is 0 Å². The van der Waals surface area contributed by atoms with Crippen LogP contribution in [-0.4, -0.2) is 23.2 Å². The first-order valence-electron chi connectivity index (χ1n) is 5.72. The van der Waals surface area contributed by atoms with Crippen LogP contribution in [0.3, 0.4) is 0 Å². The van der Waals surface area contributed by atoms with E-state index in [0.29, 0.717) is 16.6 Å². The molecule has 0 aliphatic carbocycles. The lowest BCUT2D eigenvalue weighted by atomic mass is 10.1. The molecule has 2 unspecified atom stereocenters. The van der Waals surface area contributed by atoms with Crippen molar-refractivity contribution in [3.8, 4) is 5.75 Å². The maximum absolute atomic E-state index is 13.8. The molecule has 0 spiro atoms. The van der Waals surface area contributed by atoms with Crippen molar-refractivity contribution < 1.29 is 14.2 Å². The van der Waals surface area contributed by atoms with Gasteiger partial charge in [0.2, 0.25) is 0 Å². The van der Waals surface area contributed by atoms with E-state index < -0.39 is 11.9 Å². The van der Waals surface area contributed by atoms with Crippen LogP contribution in [0.2, 0.25) is 0 Å². The maximum Gasteiger partial charge on any atom is 0.170 e. The molecule has 0 radical (unpaired) electrons. The number of aliphatic hydroxyl groups is 1. The van der Waals surface area contributed by atoms with Crippen molar-refractivity contribution in [1.29, 1.82) is 0 Å². The molecule has 0 aliphatic heterocycles. The summed E-state index contributed by atoms with van der Waals surface area (Å²) in [5, 5.41) is 10.4. The number of hydrogen-bond acceptors (Lipinski definition) is 3. The van der Waals surface area contributed by atoms with Gasteiger partial charge >= 0.3 is 0 Å². The minimum absolute atomic E-state index is 0.176. The highest BCUT2D eigenvalue weighted by Crippen LogP contribution is 2.28. The van der Waals surface area contributed by atoms with E-state index in [-0.39, 0.29) is 5.75 Å². The molecule has 2 nitrogen and oxygen atoms in total. The zero-order chi connectivity index (χ0) is 12.8. The van der Waals surface area contributed by atoms with E-state index in [1.807, 2.05) is 0 Å². The summed E-state index contributed by atoms with van der Waals surface area (Å²) in [6.45, 7) is 4.19. The van der Waals surface area contributed by atoms with Crippen molar-refractivity contribution in [1.82, 2.24) is 0 Å². The Hall–Kier alpha value is -0.740.